The van der Waals surface area contributed by atoms with Crippen molar-refractivity contribution in [3.63, 3.8) is 0 Å². The van der Waals surface area contributed by atoms with Crippen LogP contribution >= 0.6 is 0 Å². The maximum absolute atomic E-state index is 12.4. The first-order chi connectivity index (χ1) is 12.0. The molecule has 3 rings (SSSR count). The highest BCUT2D eigenvalue weighted by Gasteiger charge is 2.38. The summed E-state index contributed by atoms with van der Waals surface area (Å²) < 4.78 is 6.86. The van der Waals surface area contributed by atoms with Gasteiger partial charge in [-0.05, 0) is 18.1 Å². The van der Waals surface area contributed by atoms with Gasteiger partial charge in [-0.2, -0.15) is 0 Å². The lowest BCUT2D eigenvalue weighted by molar-refractivity contribution is 0.0693. The van der Waals surface area contributed by atoms with E-state index in [0.717, 1.165) is 0 Å². The van der Waals surface area contributed by atoms with E-state index in [-0.39, 0.29) is 29.2 Å². The van der Waals surface area contributed by atoms with Crippen LogP contribution in [0.5, 0.6) is 5.75 Å². The fourth-order valence-electron chi connectivity index (χ4n) is 2.84. The highest BCUT2D eigenvalue weighted by molar-refractivity contribution is 6.47. The van der Waals surface area contributed by atoms with Gasteiger partial charge in [0, 0.05) is 18.8 Å². The maximum atomic E-state index is 12.4. The van der Waals surface area contributed by atoms with Gasteiger partial charge in [-0.25, -0.2) is 4.79 Å². The lowest BCUT2D eigenvalue weighted by atomic mass is 9.64. The summed E-state index contributed by atoms with van der Waals surface area (Å²) in [6.45, 7) is 0.843. The summed E-state index contributed by atoms with van der Waals surface area (Å²) in [6.07, 6.45) is 1.86. The van der Waals surface area contributed by atoms with E-state index in [9.17, 15) is 19.7 Å². The number of carboxylic acid groups (broad SMARTS) is 1. The number of carboxylic acids is 1. The molecule has 2 heterocycles. The molecule has 1 aliphatic heterocycles. The number of nitrogens with zero attached hydrogens (tertiary/aromatic N) is 3. The molecule has 0 spiro atoms. The molecule has 0 fully saturated rings. The van der Waals surface area contributed by atoms with Crippen molar-refractivity contribution in [3.05, 3.63) is 41.2 Å². The molecule has 0 amide bonds. The summed E-state index contributed by atoms with van der Waals surface area (Å²) in [4.78, 5) is 23.6. The monoisotopic (exact) mass is 344 g/mol. The average molecular weight is 344 g/mol. The molecule has 0 bridgehead atoms. The molecule has 0 saturated heterocycles. The van der Waals surface area contributed by atoms with E-state index in [0.29, 0.717) is 25.1 Å². The molecule has 1 aliphatic rings. The van der Waals surface area contributed by atoms with Crippen LogP contribution in [-0.4, -0.2) is 50.5 Å². The Bertz CT molecular complexity index is 809. The molecule has 4 N–H and O–H groups in total. The van der Waals surface area contributed by atoms with Crippen molar-refractivity contribution >= 4 is 18.9 Å². The van der Waals surface area contributed by atoms with Gasteiger partial charge >= 0.3 is 13.1 Å². The quantitative estimate of drug-likeness (QED) is 0.491. The van der Waals surface area contributed by atoms with E-state index < -0.39 is 18.9 Å². The molecule has 1 aromatic carbocycles. The lowest BCUT2D eigenvalue weighted by Crippen LogP contribution is -2.35. The zero-order valence-corrected chi connectivity index (χ0v) is 13.3. The second kappa shape index (κ2) is 7.03. The first kappa shape index (κ1) is 17.1. The molecule has 0 aliphatic carbocycles. The molecular formula is C15H17BN4O5. The first-order valence-electron chi connectivity index (χ1n) is 7.83. The van der Waals surface area contributed by atoms with Gasteiger partial charge in [-0.15, -0.1) is 5.10 Å². The smallest absolute Gasteiger partial charge is 0.526 e. The Hall–Kier alpha value is -2.72. The Kier molecular flexibility index (Phi) is 4.82. The molecule has 25 heavy (non-hydrogen) atoms. The molecular weight excluding hydrogens is 327 g/mol. The fourth-order valence-corrected chi connectivity index (χ4v) is 2.84. The number of benzene rings is 1. The Morgan fingerprint density at radius 3 is 2.96 bits per heavy atom. The van der Waals surface area contributed by atoms with Crippen molar-refractivity contribution in [1.82, 2.24) is 15.0 Å². The number of nitrogens with two attached hydrogens (primary N) is 1. The zero-order valence-electron chi connectivity index (χ0n) is 13.3. The van der Waals surface area contributed by atoms with Crippen LogP contribution in [0.3, 0.4) is 0 Å². The highest BCUT2D eigenvalue weighted by atomic mass is 16.5. The van der Waals surface area contributed by atoms with E-state index >= 15 is 0 Å². The molecule has 1 atom stereocenters. The summed E-state index contributed by atoms with van der Waals surface area (Å²) in [6, 6.07) is 4.75. The maximum Gasteiger partial charge on any atom is 0.526 e. The van der Waals surface area contributed by atoms with Crippen LogP contribution in [-0.2, 0) is 13.0 Å². The number of fused-ring (bicyclic) bond motifs is 1. The number of Topliss-reactive ketones (excluding diaryl/α,β-unsaturated/α-hetero) is 1. The van der Waals surface area contributed by atoms with Crippen molar-refractivity contribution in [2.75, 3.05) is 6.54 Å². The van der Waals surface area contributed by atoms with Gasteiger partial charge in [0.1, 0.15) is 11.4 Å². The molecule has 9 nitrogen and oxygen atoms in total. The van der Waals surface area contributed by atoms with E-state index in [4.69, 9.17) is 10.4 Å². The summed E-state index contributed by atoms with van der Waals surface area (Å²) in [5.74, 6) is -1.74. The minimum absolute atomic E-state index is 0.00828. The van der Waals surface area contributed by atoms with Crippen molar-refractivity contribution < 1.29 is 24.4 Å². The minimum Gasteiger partial charge on any atom is -0.535 e. The minimum atomic E-state index is -1.27. The zero-order chi connectivity index (χ0) is 18.0. The van der Waals surface area contributed by atoms with Crippen LogP contribution in [0.25, 0.3) is 0 Å². The third-order valence-corrected chi connectivity index (χ3v) is 4.08. The van der Waals surface area contributed by atoms with Gasteiger partial charge in [0.05, 0.1) is 18.3 Å². The third kappa shape index (κ3) is 3.54. The van der Waals surface area contributed by atoms with Gasteiger partial charge in [-0.3, -0.25) is 9.48 Å². The van der Waals surface area contributed by atoms with Crippen molar-refractivity contribution in [2.24, 2.45) is 5.73 Å². The molecule has 0 radical (unpaired) electrons. The van der Waals surface area contributed by atoms with Crippen molar-refractivity contribution in [3.8, 4) is 5.75 Å². The van der Waals surface area contributed by atoms with Gasteiger partial charge in [0.25, 0.3) is 0 Å². The molecule has 1 aromatic heterocycles. The van der Waals surface area contributed by atoms with Crippen molar-refractivity contribution in [2.45, 2.75) is 25.2 Å². The summed E-state index contributed by atoms with van der Waals surface area (Å²) in [5, 5.41) is 27.0. The lowest BCUT2D eigenvalue weighted by Gasteiger charge is -2.27. The normalized spacial score (nSPS) is 16.2. The van der Waals surface area contributed by atoms with Crippen LogP contribution in [0.2, 0.25) is 5.82 Å². The number of aromatic nitrogens is 3. The molecule has 2 aromatic rings. The summed E-state index contributed by atoms with van der Waals surface area (Å²) >= 11 is 0. The Labute approximate surface area is 143 Å². The second-order valence-electron chi connectivity index (χ2n) is 5.85. The van der Waals surface area contributed by atoms with E-state index in [1.807, 2.05) is 0 Å². The Morgan fingerprint density at radius 1 is 1.44 bits per heavy atom. The standard InChI is InChI=1S/C15H17BN4O5/c17-4-5-20-8-12(18-19-20)13(21)7-10-6-9-2-1-3-11(15(22)23)14(9)25-16(10)24/h1-3,8,10,24H,4-7,17H2,(H,22,23)/t10-/m1/s1. The van der Waals surface area contributed by atoms with E-state index in [1.54, 1.807) is 12.1 Å². The number of aromatic carboxylic acids is 1. The number of ketones is 1. The van der Waals surface area contributed by atoms with E-state index in [1.165, 1.54) is 16.9 Å². The van der Waals surface area contributed by atoms with Crippen LogP contribution in [0.1, 0.15) is 32.8 Å². The number of hydrogen-bond acceptors (Lipinski definition) is 7. The van der Waals surface area contributed by atoms with Gasteiger partial charge in [-0.1, -0.05) is 17.3 Å². The molecule has 0 saturated carbocycles. The van der Waals surface area contributed by atoms with Crippen LogP contribution in [0.15, 0.2) is 24.4 Å². The third-order valence-electron chi connectivity index (χ3n) is 4.08. The number of carbonyl (C=O) groups excluding carboxylic acids is 1. The predicted molar refractivity (Wildman–Crippen MR) is 87.5 cm³/mol. The van der Waals surface area contributed by atoms with E-state index in [2.05, 4.69) is 10.3 Å². The number of para-hydroxylation sites is 1. The van der Waals surface area contributed by atoms with Gasteiger partial charge in [0.2, 0.25) is 0 Å². The number of rotatable bonds is 6. The van der Waals surface area contributed by atoms with Crippen molar-refractivity contribution in [1.29, 1.82) is 0 Å². The molecule has 10 heteroatoms. The van der Waals surface area contributed by atoms with Crippen LogP contribution in [0, 0.1) is 0 Å². The highest BCUT2D eigenvalue weighted by Crippen LogP contribution is 2.36. The molecule has 0 unspecified atom stereocenters. The fraction of sp³-hybridized carbons (Fsp3) is 0.333. The van der Waals surface area contributed by atoms with Gasteiger partial charge in [0.15, 0.2) is 5.78 Å². The number of hydrogen-bond donors (Lipinski definition) is 3. The summed E-state index contributed by atoms with van der Waals surface area (Å²) in [5.41, 5.74) is 6.27. The van der Waals surface area contributed by atoms with Crippen LogP contribution < -0.4 is 10.4 Å². The Morgan fingerprint density at radius 2 is 2.24 bits per heavy atom. The van der Waals surface area contributed by atoms with Crippen LogP contribution in [0.4, 0.5) is 0 Å². The second-order valence-corrected chi connectivity index (χ2v) is 5.85. The average Bonchev–Trinajstić information content (AvgIpc) is 3.04. The Balaban J connectivity index is 1.74. The SMILES string of the molecule is NCCn1cc(C(=O)C[C@H]2Cc3cccc(C(=O)O)c3OB2O)nn1. The largest absolute Gasteiger partial charge is 0.535 e. The number of carbonyl (C=O) groups is 2. The topological polar surface area (TPSA) is 141 Å². The molecule has 130 valence electrons. The first-order valence-corrected chi connectivity index (χ1v) is 7.83. The van der Waals surface area contributed by atoms with Gasteiger partial charge < -0.3 is 20.5 Å². The summed E-state index contributed by atoms with van der Waals surface area (Å²) in [7, 11) is -1.27. The predicted octanol–water partition coefficient (Wildman–Crippen LogP) is -0.00640.